The van der Waals surface area contributed by atoms with Crippen molar-refractivity contribution in [1.82, 2.24) is 0 Å². The van der Waals surface area contributed by atoms with Gasteiger partial charge in [-0.2, -0.15) is 11.8 Å². The van der Waals surface area contributed by atoms with E-state index < -0.39 is 0 Å². The summed E-state index contributed by atoms with van der Waals surface area (Å²) >= 11 is 0. The fraction of sp³-hybridized carbons (Fsp3) is 0.500. The minimum Gasteiger partial charge on any atom is -0.318 e. The molecule has 0 heterocycles. The van der Waals surface area contributed by atoms with E-state index >= 15 is 0 Å². The molecule has 0 aliphatic heterocycles. The van der Waals surface area contributed by atoms with Crippen LogP contribution in [0.15, 0.2) is 48.6 Å². The maximum Gasteiger partial charge on any atom is 2.00 e. The molecule has 2 fully saturated rings. The first-order valence-corrected chi connectivity index (χ1v) is 8.28. The van der Waals surface area contributed by atoms with Gasteiger partial charge in [0.15, 0.2) is 0 Å². The van der Waals surface area contributed by atoms with Crippen LogP contribution in [0, 0.1) is 48.3 Å². The molecule has 2 saturated carbocycles. The Labute approximate surface area is 148 Å². The van der Waals surface area contributed by atoms with Crippen molar-refractivity contribution < 1.29 is 26.2 Å². The van der Waals surface area contributed by atoms with Crippen LogP contribution < -0.4 is 0 Å². The van der Waals surface area contributed by atoms with Gasteiger partial charge in [-0.3, -0.25) is 0 Å². The van der Waals surface area contributed by atoms with Crippen molar-refractivity contribution in [2.45, 2.75) is 25.7 Å². The summed E-state index contributed by atoms with van der Waals surface area (Å²) in [6.45, 7) is 0. The largest absolute Gasteiger partial charge is 2.00 e. The summed E-state index contributed by atoms with van der Waals surface area (Å²) in [4.78, 5) is 0. The molecule has 0 amide bonds. The second-order valence-corrected chi connectivity index (χ2v) is 6.98. The quantitative estimate of drug-likeness (QED) is 0.630. The minimum absolute atomic E-state index is 0. The molecule has 0 aromatic heterocycles. The summed E-state index contributed by atoms with van der Waals surface area (Å²) in [5.74, 6) is 4.74. The molecule has 4 aliphatic rings. The molecule has 108 valence electrons. The van der Waals surface area contributed by atoms with Gasteiger partial charge in [-0.25, -0.2) is 0 Å². The Hall–Kier alpha value is -0.157. The zero-order chi connectivity index (χ0) is 13.4. The van der Waals surface area contributed by atoms with Crippen molar-refractivity contribution in [3.8, 4) is 0 Å². The van der Waals surface area contributed by atoms with E-state index in [9.17, 15) is 0 Å². The average Bonchev–Trinajstić information content (AvgIpc) is 3.07. The Bertz CT molecular complexity index is 386. The van der Waals surface area contributed by atoms with Crippen molar-refractivity contribution in [1.29, 1.82) is 0 Å². The van der Waals surface area contributed by atoms with E-state index in [0.29, 0.717) is 0 Å². The Morgan fingerprint density at radius 3 is 1.52 bits per heavy atom. The van der Waals surface area contributed by atoms with E-state index in [1.165, 1.54) is 25.7 Å². The van der Waals surface area contributed by atoms with Crippen LogP contribution in [-0.2, 0) is 26.2 Å². The number of hydrogen-bond acceptors (Lipinski definition) is 0. The molecule has 0 bridgehead atoms. The summed E-state index contributed by atoms with van der Waals surface area (Å²) in [5.41, 5.74) is 0. The van der Waals surface area contributed by atoms with Gasteiger partial charge >= 0.3 is 26.2 Å². The van der Waals surface area contributed by atoms with Crippen molar-refractivity contribution in [3.05, 3.63) is 61.4 Å². The second kappa shape index (κ2) is 6.95. The molecule has 6 atom stereocenters. The molecule has 0 aromatic carbocycles. The molecule has 21 heavy (non-hydrogen) atoms. The van der Waals surface area contributed by atoms with Crippen molar-refractivity contribution in [2.75, 3.05) is 0 Å². The molecule has 0 spiro atoms. The summed E-state index contributed by atoms with van der Waals surface area (Å²) < 4.78 is 0. The molecule has 0 nitrogen and oxygen atoms in total. The van der Waals surface area contributed by atoms with Crippen LogP contribution in [0.1, 0.15) is 25.7 Å². The standard InChI is InChI=1S/C20H24.Zr/c1-2-6-18-12-15(11-17(18)5-1)9-10-16-13-19-7-3-4-8-20(19)14-16;/h1-8,11,13,15-20H,9-10,12,14H2;/q-2;+2. The Kier molecular flexibility index (Phi) is 5.20. The number of hydrogen-bond donors (Lipinski definition) is 0. The van der Waals surface area contributed by atoms with Crippen LogP contribution in [0.2, 0.25) is 0 Å². The van der Waals surface area contributed by atoms with Crippen LogP contribution in [0.25, 0.3) is 0 Å². The van der Waals surface area contributed by atoms with E-state index in [2.05, 4.69) is 61.4 Å². The maximum absolute atomic E-state index is 2.62. The van der Waals surface area contributed by atoms with Crippen LogP contribution in [0.4, 0.5) is 0 Å². The summed E-state index contributed by atoms with van der Waals surface area (Å²) in [6, 6.07) is 0. The van der Waals surface area contributed by atoms with E-state index in [1.807, 2.05) is 0 Å². The van der Waals surface area contributed by atoms with Gasteiger partial charge in [0.05, 0.1) is 0 Å². The van der Waals surface area contributed by atoms with E-state index in [-0.39, 0.29) is 26.2 Å². The van der Waals surface area contributed by atoms with Crippen molar-refractivity contribution >= 4 is 0 Å². The van der Waals surface area contributed by atoms with Gasteiger partial charge in [0.1, 0.15) is 0 Å². The van der Waals surface area contributed by atoms with Gasteiger partial charge in [0.25, 0.3) is 0 Å². The molecule has 4 rings (SSSR count). The third-order valence-corrected chi connectivity index (χ3v) is 5.64. The van der Waals surface area contributed by atoms with Crippen LogP contribution in [-0.4, -0.2) is 0 Å². The fourth-order valence-corrected chi connectivity index (χ4v) is 4.57. The molecule has 4 aliphatic carbocycles. The molecule has 0 N–H and O–H groups in total. The van der Waals surface area contributed by atoms with Crippen molar-refractivity contribution in [3.63, 3.8) is 0 Å². The third-order valence-electron chi connectivity index (χ3n) is 5.64. The molecule has 0 saturated heterocycles. The molecule has 0 aromatic rings. The normalized spacial score (nSPS) is 42.7. The summed E-state index contributed by atoms with van der Waals surface area (Å²) in [7, 11) is 0. The smallest absolute Gasteiger partial charge is 0.318 e. The molecule has 6 unspecified atom stereocenters. The predicted octanol–water partition coefficient (Wildman–Crippen LogP) is 4.93. The minimum atomic E-state index is 0. The number of fused-ring (bicyclic) bond motifs is 2. The van der Waals surface area contributed by atoms with Gasteiger partial charge in [-0.05, 0) is 11.8 Å². The monoisotopic (exact) mass is 354 g/mol. The number of allylic oxidation sites excluding steroid dienone is 8. The first kappa shape index (κ1) is 15.7. The first-order chi connectivity index (χ1) is 9.88. The van der Waals surface area contributed by atoms with Gasteiger partial charge in [0, 0.05) is 0 Å². The van der Waals surface area contributed by atoms with Crippen molar-refractivity contribution in [2.24, 2.45) is 35.5 Å². The van der Waals surface area contributed by atoms with Gasteiger partial charge in [-0.1, -0.05) is 62.1 Å². The Morgan fingerprint density at radius 2 is 1.10 bits per heavy atom. The van der Waals surface area contributed by atoms with Gasteiger partial charge in [0.2, 0.25) is 0 Å². The van der Waals surface area contributed by atoms with Crippen LogP contribution in [0.5, 0.6) is 0 Å². The average molecular weight is 356 g/mol. The van der Waals surface area contributed by atoms with Gasteiger partial charge in [-0.15, -0.1) is 24.0 Å². The second-order valence-electron chi connectivity index (χ2n) is 6.98. The van der Waals surface area contributed by atoms with E-state index in [0.717, 1.165) is 35.5 Å². The summed E-state index contributed by atoms with van der Waals surface area (Å²) in [5, 5.41) is 0. The zero-order valence-corrected chi connectivity index (χ0v) is 15.0. The molecule has 0 radical (unpaired) electrons. The fourth-order valence-electron chi connectivity index (χ4n) is 4.57. The maximum atomic E-state index is 2.62. The predicted molar refractivity (Wildman–Crippen MR) is 84.6 cm³/mol. The topological polar surface area (TPSA) is 0 Å². The van der Waals surface area contributed by atoms with Crippen LogP contribution in [0.3, 0.4) is 0 Å². The molecular formula is C20H24Zr. The summed E-state index contributed by atoms with van der Waals surface area (Å²) in [6.07, 6.45) is 29.3. The SMILES string of the molecule is C1=CC2[CH-]C(CCC3[CH-]C4C=CC=CC4C3)CC2C=C1.[Zr+2]. The molecule has 1 heteroatoms. The van der Waals surface area contributed by atoms with Gasteiger partial charge < -0.3 is 12.8 Å². The molecular weight excluding hydrogens is 331 g/mol. The zero-order valence-electron chi connectivity index (χ0n) is 12.6. The Morgan fingerprint density at radius 1 is 0.667 bits per heavy atom. The number of rotatable bonds is 3. The van der Waals surface area contributed by atoms with E-state index in [1.54, 1.807) is 0 Å². The van der Waals surface area contributed by atoms with Crippen LogP contribution >= 0.6 is 0 Å². The third kappa shape index (κ3) is 3.44. The van der Waals surface area contributed by atoms with E-state index in [4.69, 9.17) is 0 Å². The first-order valence-electron chi connectivity index (χ1n) is 8.28. The Balaban J connectivity index is 0.00000132.